The van der Waals surface area contributed by atoms with Crippen molar-refractivity contribution < 1.29 is 9.59 Å². The first-order chi connectivity index (χ1) is 12.7. The molecule has 0 saturated heterocycles. The lowest BCUT2D eigenvalue weighted by atomic mass is 10.2. The van der Waals surface area contributed by atoms with Gasteiger partial charge in [0.1, 0.15) is 0 Å². The Morgan fingerprint density at radius 1 is 0.923 bits per heavy atom. The number of nitrogens with zero attached hydrogens (tertiary/aromatic N) is 1. The zero-order valence-corrected chi connectivity index (χ0v) is 14.3. The molecule has 128 valence electrons. The third kappa shape index (κ3) is 3.33. The maximum atomic E-state index is 12.5. The average Bonchev–Trinajstić information content (AvgIpc) is 3.31. The lowest BCUT2D eigenvalue weighted by Crippen LogP contribution is -2.14. The Morgan fingerprint density at radius 2 is 1.81 bits per heavy atom. The molecule has 2 aromatic heterocycles. The van der Waals surface area contributed by atoms with Gasteiger partial charge in [-0.15, -0.1) is 11.3 Å². The molecule has 6 nitrogen and oxygen atoms in total. The van der Waals surface area contributed by atoms with Crippen LogP contribution in [0.1, 0.15) is 20.0 Å². The number of hydrogen-bond donors (Lipinski definition) is 3. The zero-order chi connectivity index (χ0) is 17.9. The van der Waals surface area contributed by atoms with Crippen LogP contribution >= 0.6 is 11.3 Å². The molecule has 4 rings (SSSR count). The highest BCUT2D eigenvalue weighted by Gasteiger charge is 2.11. The molecular weight excluding hydrogens is 348 g/mol. The van der Waals surface area contributed by atoms with Gasteiger partial charge in [-0.25, -0.2) is 4.98 Å². The lowest BCUT2D eigenvalue weighted by molar-refractivity contribution is 0.101. The molecule has 0 fully saturated rings. The fourth-order valence-corrected chi connectivity index (χ4v) is 3.15. The minimum absolute atomic E-state index is 0.199. The number of rotatable bonds is 4. The molecule has 0 saturated carbocycles. The molecule has 0 aliphatic carbocycles. The van der Waals surface area contributed by atoms with Crippen LogP contribution in [0.2, 0.25) is 0 Å². The number of fused-ring (bicyclic) bond motifs is 1. The second-order valence-electron chi connectivity index (χ2n) is 5.57. The van der Waals surface area contributed by atoms with Gasteiger partial charge < -0.3 is 10.3 Å². The minimum atomic E-state index is -0.309. The van der Waals surface area contributed by atoms with Crippen molar-refractivity contribution >= 4 is 45.8 Å². The number of hydrogen-bond acceptors (Lipinski definition) is 4. The van der Waals surface area contributed by atoms with E-state index in [1.807, 2.05) is 35.7 Å². The van der Waals surface area contributed by atoms with Gasteiger partial charge in [-0.05, 0) is 41.8 Å². The van der Waals surface area contributed by atoms with Crippen molar-refractivity contribution in [2.45, 2.75) is 0 Å². The van der Waals surface area contributed by atoms with Crippen molar-refractivity contribution in [2.24, 2.45) is 0 Å². The van der Waals surface area contributed by atoms with Crippen LogP contribution in [0.4, 0.5) is 11.6 Å². The van der Waals surface area contributed by atoms with Crippen LogP contribution in [-0.4, -0.2) is 21.8 Å². The summed E-state index contributed by atoms with van der Waals surface area (Å²) >= 11 is 1.36. The van der Waals surface area contributed by atoms with Crippen LogP contribution in [0.5, 0.6) is 0 Å². The van der Waals surface area contributed by atoms with Gasteiger partial charge in [0.2, 0.25) is 5.95 Å². The highest BCUT2D eigenvalue weighted by molar-refractivity contribution is 7.12. The Morgan fingerprint density at radius 3 is 2.62 bits per heavy atom. The van der Waals surface area contributed by atoms with Crippen LogP contribution in [0.15, 0.2) is 66.0 Å². The Bertz CT molecular complexity index is 1050. The van der Waals surface area contributed by atoms with Crippen LogP contribution < -0.4 is 10.6 Å². The summed E-state index contributed by atoms with van der Waals surface area (Å²) in [5.74, 6) is -0.129. The Kier molecular flexibility index (Phi) is 4.20. The van der Waals surface area contributed by atoms with Gasteiger partial charge in [0.05, 0.1) is 15.9 Å². The van der Waals surface area contributed by atoms with E-state index in [1.165, 1.54) is 11.3 Å². The number of amides is 2. The predicted molar refractivity (Wildman–Crippen MR) is 103 cm³/mol. The molecule has 2 heterocycles. The van der Waals surface area contributed by atoms with Crippen molar-refractivity contribution in [1.29, 1.82) is 0 Å². The fourth-order valence-electron chi connectivity index (χ4n) is 2.53. The number of anilines is 2. The largest absolute Gasteiger partial charge is 0.324 e. The molecule has 0 bridgehead atoms. The molecule has 0 radical (unpaired) electrons. The predicted octanol–water partition coefficient (Wildman–Crippen LogP) is 4.13. The topological polar surface area (TPSA) is 86.9 Å². The van der Waals surface area contributed by atoms with Gasteiger partial charge >= 0.3 is 0 Å². The molecular formula is C19H14N4O2S. The normalized spacial score (nSPS) is 10.6. The second-order valence-corrected chi connectivity index (χ2v) is 6.52. The van der Waals surface area contributed by atoms with E-state index in [2.05, 4.69) is 20.6 Å². The van der Waals surface area contributed by atoms with E-state index in [4.69, 9.17) is 0 Å². The first-order valence-corrected chi connectivity index (χ1v) is 8.78. The Balaban J connectivity index is 1.50. The molecule has 2 amide bonds. The number of carbonyl (C=O) groups excluding carboxylic acids is 2. The van der Waals surface area contributed by atoms with Gasteiger partial charge in [0.25, 0.3) is 11.8 Å². The third-order valence-corrected chi connectivity index (χ3v) is 4.62. The highest BCUT2D eigenvalue weighted by atomic mass is 32.1. The standard InChI is InChI=1S/C19H14N4O2S/c24-17(23-19-21-14-7-1-2-8-15(14)22-19)12-5-3-6-13(11-12)20-18(25)16-9-4-10-26-16/h1-11H,(H,20,25)(H2,21,22,23,24). The molecule has 7 heteroatoms. The highest BCUT2D eigenvalue weighted by Crippen LogP contribution is 2.17. The van der Waals surface area contributed by atoms with E-state index in [0.717, 1.165) is 11.0 Å². The van der Waals surface area contributed by atoms with Crippen LogP contribution in [0, 0.1) is 0 Å². The van der Waals surface area contributed by atoms with Crippen molar-refractivity contribution in [3.8, 4) is 0 Å². The SMILES string of the molecule is O=C(Nc1nc2ccccc2[nH]1)c1cccc(NC(=O)c2cccs2)c1. The van der Waals surface area contributed by atoms with E-state index in [-0.39, 0.29) is 11.8 Å². The Hall–Kier alpha value is -3.45. The molecule has 0 unspecified atom stereocenters. The summed E-state index contributed by atoms with van der Waals surface area (Å²) in [6.45, 7) is 0. The zero-order valence-electron chi connectivity index (χ0n) is 13.5. The molecule has 4 aromatic rings. The number of imidazole rings is 1. The van der Waals surface area contributed by atoms with Gasteiger partial charge in [0.15, 0.2) is 0 Å². The molecule has 0 spiro atoms. The number of aromatic nitrogens is 2. The van der Waals surface area contributed by atoms with Crippen molar-refractivity contribution in [2.75, 3.05) is 10.6 Å². The smallest absolute Gasteiger partial charge is 0.265 e. The van der Waals surface area contributed by atoms with Crippen LogP contribution in [0.3, 0.4) is 0 Å². The lowest BCUT2D eigenvalue weighted by Gasteiger charge is -2.06. The number of thiophene rings is 1. The number of aromatic amines is 1. The van der Waals surface area contributed by atoms with Crippen molar-refractivity contribution in [1.82, 2.24) is 9.97 Å². The molecule has 0 aliphatic heterocycles. The fraction of sp³-hybridized carbons (Fsp3) is 0. The number of nitrogens with one attached hydrogen (secondary N) is 3. The van der Waals surface area contributed by atoms with E-state index >= 15 is 0 Å². The minimum Gasteiger partial charge on any atom is -0.324 e. The van der Waals surface area contributed by atoms with Crippen molar-refractivity contribution in [3.63, 3.8) is 0 Å². The van der Waals surface area contributed by atoms with E-state index in [0.29, 0.717) is 22.1 Å². The second kappa shape index (κ2) is 6.81. The summed E-state index contributed by atoms with van der Waals surface area (Å²) in [6.07, 6.45) is 0. The van der Waals surface area contributed by atoms with E-state index in [9.17, 15) is 9.59 Å². The van der Waals surface area contributed by atoms with Gasteiger partial charge in [-0.1, -0.05) is 24.3 Å². The van der Waals surface area contributed by atoms with E-state index in [1.54, 1.807) is 30.3 Å². The average molecular weight is 362 g/mol. The van der Waals surface area contributed by atoms with Crippen LogP contribution in [-0.2, 0) is 0 Å². The van der Waals surface area contributed by atoms with Crippen molar-refractivity contribution in [3.05, 3.63) is 76.5 Å². The molecule has 26 heavy (non-hydrogen) atoms. The molecule has 0 aliphatic rings. The first-order valence-electron chi connectivity index (χ1n) is 7.90. The number of para-hydroxylation sites is 2. The van der Waals surface area contributed by atoms with Crippen LogP contribution in [0.25, 0.3) is 11.0 Å². The van der Waals surface area contributed by atoms with Gasteiger partial charge in [-0.2, -0.15) is 0 Å². The maximum absolute atomic E-state index is 12.5. The number of benzene rings is 2. The monoisotopic (exact) mass is 362 g/mol. The quantitative estimate of drug-likeness (QED) is 0.510. The van der Waals surface area contributed by atoms with Gasteiger partial charge in [-0.3, -0.25) is 14.9 Å². The maximum Gasteiger partial charge on any atom is 0.265 e. The summed E-state index contributed by atoms with van der Waals surface area (Å²) in [4.78, 5) is 32.6. The summed E-state index contributed by atoms with van der Waals surface area (Å²) in [6, 6.07) is 17.9. The summed E-state index contributed by atoms with van der Waals surface area (Å²) in [7, 11) is 0. The number of carbonyl (C=O) groups is 2. The summed E-state index contributed by atoms with van der Waals surface area (Å²) in [5, 5.41) is 7.37. The van der Waals surface area contributed by atoms with E-state index < -0.39 is 0 Å². The third-order valence-electron chi connectivity index (χ3n) is 3.75. The Labute approximate surface area is 152 Å². The number of H-pyrrole nitrogens is 1. The summed E-state index contributed by atoms with van der Waals surface area (Å²) < 4.78 is 0. The summed E-state index contributed by atoms with van der Waals surface area (Å²) in [5.41, 5.74) is 2.61. The molecule has 0 atom stereocenters. The first kappa shape index (κ1) is 16.0. The van der Waals surface area contributed by atoms with Gasteiger partial charge in [0, 0.05) is 11.3 Å². The molecule has 3 N–H and O–H groups in total. The molecule has 2 aromatic carbocycles.